The van der Waals surface area contributed by atoms with Crippen LogP contribution in [0.2, 0.25) is 0 Å². The highest BCUT2D eigenvalue weighted by Crippen LogP contribution is 2.27. The van der Waals surface area contributed by atoms with Crippen LogP contribution >= 0.6 is 0 Å². The summed E-state index contributed by atoms with van der Waals surface area (Å²) in [5, 5.41) is 38.1. The van der Waals surface area contributed by atoms with Crippen molar-refractivity contribution >= 4 is 0 Å². The van der Waals surface area contributed by atoms with Crippen LogP contribution in [0.25, 0.3) is 0 Å². The van der Waals surface area contributed by atoms with Crippen LogP contribution in [0.3, 0.4) is 0 Å². The molecular formula is C12H22O6. The highest BCUT2D eigenvalue weighted by molar-refractivity contribution is 4.89. The van der Waals surface area contributed by atoms with Crippen LogP contribution in [0, 0.1) is 0 Å². The maximum absolute atomic E-state index is 9.81. The van der Waals surface area contributed by atoms with Gasteiger partial charge in [0.15, 0.2) is 6.29 Å². The molecule has 0 amide bonds. The van der Waals surface area contributed by atoms with Gasteiger partial charge in [-0.1, -0.05) is 19.3 Å². The first-order chi connectivity index (χ1) is 8.63. The van der Waals surface area contributed by atoms with Crippen LogP contribution in [0.1, 0.15) is 32.1 Å². The zero-order valence-corrected chi connectivity index (χ0v) is 10.3. The highest BCUT2D eigenvalue weighted by atomic mass is 16.7. The summed E-state index contributed by atoms with van der Waals surface area (Å²) >= 11 is 0. The zero-order chi connectivity index (χ0) is 13.1. The number of hydrogen-bond acceptors (Lipinski definition) is 6. The van der Waals surface area contributed by atoms with Gasteiger partial charge in [0.25, 0.3) is 0 Å². The molecule has 0 bridgehead atoms. The Hall–Kier alpha value is -0.240. The lowest BCUT2D eigenvalue weighted by atomic mass is 9.96. The fourth-order valence-electron chi connectivity index (χ4n) is 2.57. The minimum Gasteiger partial charge on any atom is -0.394 e. The fraction of sp³-hybridized carbons (Fsp3) is 1.00. The maximum Gasteiger partial charge on any atom is 0.186 e. The van der Waals surface area contributed by atoms with E-state index in [0.29, 0.717) is 0 Å². The Morgan fingerprint density at radius 3 is 2.22 bits per heavy atom. The molecule has 6 nitrogen and oxygen atoms in total. The SMILES string of the molecule is OC[C@@H]1O[C@@H](OC2CCCCC2)[C@@H](O)[C@H](O)[C@@H]1O. The molecule has 2 rings (SSSR count). The topological polar surface area (TPSA) is 99.4 Å². The molecule has 0 unspecified atom stereocenters. The molecule has 1 saturated heterocycles. The summed E-state index contributed by atoms with van der Waals surface area (Å²) in [5.41, 5.74) is 0. The molecule has 1 heterocycles. The van der Waals surface area contributed by atoms with Crippen LogP contribution in [-0.2, 0) is 9.47 Å². The van der Waals surface area contributed by atoms with Crippen LogP contribution in [0.5, 0.6) is 0 Å². The molecule has 106 valence electrons. The Morgan fingerprint density at radius 1 is 0.944 bits per heavy atom. The summed E-state index contributed by atoms with van der Waals surface area (Å²) in [7, 11) is 0. The molecule has 1 aliphatic heterocycles. The third-order valence-electron chi connectivity index (χ3n) is 3.73. The number of aliphatic hydroxyl groups is 4. The molecule has 0 aromatic carbocycles. The third kappa shape index (κ3) is 3.01. The molecule has 0 spiro atoms. The van der Waals surface area contributed by atoms with Crippen molar-refractivity contribution in [2.45, 2.75) is 68.9 Å². The standard InChI is InChI=1S/C12H22O6/c13-6-8-9(14)10(15)11(16)12(18-8)17-7-4-2-1-3-5-7/h7-16H,1-6H2/t8-,9+,10+,11-,12+/m0/s1. The second kappa shape index (κ2) is 6.27. The molecule has 18 heavy (non-hydrogen) atoms. The summed E-state index contributed by atoms with van der Waals surface area (Å²) in [4.78, 5) is 0. The minimum atomic E-state index is -1.36. The highest BCUT2D eigenvalue weighted by Gasteiger charge is 2.44. The number of aliphatic hydroxyl groups excluding tert-OH is 4. The van der Waals surface area contributed by atoms with Gasteiger partial charge >= 0.3 is 0 Å². The average molecular weight is 262 g/mol. The smallest absolute Gasteiger partial charge is 0.186 e. The molecule has 1 aliphatic carbocycles. The van der Waals surface area contributed by atoms with Gasteiger partial charge in [0, 0.05) is 0 Å². The quantitative estimate of drug-likeness (QED) is 0.528. The lowest BCUT2D eigenvalue weighted by molar-refractivity contribution is -0.312. The Labute approximate surface area is 106 Å². The Bertz CT molecular complexity index is 253. The van der Waals surface area contributed by atoms with E-state index in [1.165, 1.54) is 6.42 Å². The largest absolute Gasteiger partial charge is 0.394 e. The van der Waals surface area contributed by atoms with Gasteiger partial charge in [-0.3, -0.25) is 0 Å². The first-order valence-electron chi connectivity index (χ1n) is 6.59. The van der Waals surface area contributed by atoms with Gasteiger partial charge in [0.2, 0.25) is 0 Å². The normalized spacial score (nSPS) is 43.0. The zero-order valence-electron chi connectivity index (χ0n) is 10.3. The van der Waals surface area contributed by atoms with Gasteiger partial charge in [-0.25, -0.2) is 0 Å². The van der Waals surface area contributed by atoms with Crippen molar-refractivity contribution < 1.29 is 29.9 Å². The van der Waals surface area contributed by atoms with Crippen molar-refractivity contribution in [3.8, 4) is 0 Å². The first kappa shape index (κ1) is 14.2. The third-order valence-corrected chi connectivity index (χ3v) is 3.73. The predicted molar refractivity (Wildman–Crippen MR) is 61.7 cm³/mol. The lowest BCUT2D eigenvalue weighted by Gasteiger charge is -2.41. The average Bonchev–Trinajstić information content (AvgIpc) is 2.40. The van der Waals surface area contributed by atoms with E-state index in [0.717, 1.165) is 25.7 Å². The molecule has 1 saturated carbocycles. The second-order valence-corrected chi connectivity index (χ2v) is 5.09. The second-order valence-electron chi connectivity index (χ2n) is 5.09. The van der Waals surface area contributed by atoms with Crippen molar-refractivity contribution in [1.29, 1.82) is 0 Å². The minimum absolute atomic E-state index is 0.0141. The van der Waals surface area contributed by atoms with Crippen LogP contribution in [0.15, 0.2) is 0 Å². The van der Waals surface area contributed by atoms with Crippen molar-refractivity contribution in [1.82, 2.24) is 0 Å². The monoisotopic (exact) mass is 262 g/mol. The van der Waals surface area contributed by atoms with E-state index in [1.807, 2.05) is 0 Å². The molecule has 2 aliphatic rings. The van der Waals surface area contributed by atoms with Gasteiger partial charge in [0.05, 0.1) is 12.7 Å². The molecule has 0 aromatic heterocycles. The van der Waals surface area contributed by atoms with E-state index in [-0.39, 0.29) is 6.10 Å². The maximum atomic E-state index is 9.81. The first-order valence-corrected chi connectivity index (χ1v) is 6.59. The number of rotatable bonds is 3. The molecule has 0 aromatic rings. The Kier molecular flexibility index (Phi) is 4.94. The lowest BCUT2D eigenvalue weighted by Crippen LogP contribution is -2.59. The molecule has 6 heteroatoms. The summed E-state index contributed by atoms with van der Waals surface area (Å²) < 4.78 is 10.9. The summed E-state index contributed by atoms with van der Waals surface area (Å²) in [6, 6.07) is 0. The number of ether oxygens (including phenoxy) is 2. The Morgan fingerprint density at radius 2 is 1.61 bits per heavy atom. The van der Waals surface area contributed by atoms with Crippen LogP contribution in [-0.4, -0.2) is 63.8 Å². The van der Waals surface area contributed by atoms with Gasteiger partial charge in [-0.05, 0) is 12.8 Å². The molecular weight excluding hydrogens is 240 g/mol. The summed E-state index contributed by atoms with van der Waals surface area (Å²) in [5.74, 6) is 0. The van der Waals surface area contributed by atoms with Crippen molar-refractivity contribution in [2.24, 2.45) is 0 Å². The Balaban J connectivity index is 1.93. The van der Waals surface area contributed by atoms with Crippen molar-refractivity contribution in [2.75, 3.05) is 6.61 Å². The molecule has 4 N–H and O–H groups in total. The van der Waals surface area contributed by atoms with Gasteiger partial charge < -0.3 is 29.9 Å². The van der Waals surface area contributed by atoms with E-state index < -0.39 is 37.3 Å². The van der Waals surface area contributed by atoms with Gasteiger partial charge in [0.1, 0.15) is 24.4 Å². The summed E-state index contributed by atoms with van der Waals surface area (Å²) in [6.45, 7) is -0.421. The molecule has 0 radical (unpaired) electrons. The van der Waals surface area contributed by atoms with E-state index in [1.54, 1.807) is 0 Å². The van der Waals surface area contributed by atoms with Crippen molar-refractivity contribution in [3.05, 3.63) is 0 Å². The van der Waals surface area contributed by atoms with E-state index in [4.69, 9.17) is 14.6 Å². The van der Waals surface area contributed by atoms with Crippen LogP contribution < -0.4 is 0 Å². The van der Waals surface area contributed by atoms with Crippen molar-refractivity contribution in [3.63, 3.8) is 0 Å². The van der Waals surface area contributed by atoms with Gasteiger partial charge in [-0.15, -0.1) is 0 Å². The fourth-order valence-corrected chi connectivity index (χ4v) is 2.57. The predicted octanol–water partition coefficient (Wildman–Crippen LogP) is -0.864. The summed E-state index contributed by atoms with van der Waals surface area (Å²) in [6.07, 6.45) is -0.644. The van der Waals surface area contributed by atoms with Gasteiger partial charge in [-0.2, -0.15) is 0 Å². The molecule has 2 fully saturated rings. The van der Waals surface area contributed by atoms with E-state index in [2.05, 4.69) is 0 Å². The van der Waals surface area contributed by atoms with E-state index in [9.17, 15) is 15.3 Å². The molecule has 5 atom stereocenters. The van der Waals surface area contributed by atoms with E-state index >= 15 is 0 Å². The number of hydrogen-bond donors (Lipinski definition) is 4. The van der Waals surface area contributed by atoms with Crippen LogP contribution in [0.4, 0.5) is 0 Å².